The fourth-order valence-electron chi connectivity index (χ4n) is 1.87. The maximum absolute atomic E-state index is 11.8. The Labute approximate surface area is 149 Å². The Morgan fingerprint density at radius 1 is 1.08 bits per heavy atom. The predicted molar refractivity (Wildman–Crippen MR) is 95.4 cm³/mol. The van der Waals surface area contributed by atoms with E-state index in [4.69, 9.17) is 21.1 Å². The average Bonchev–Trinajstić information content (AvgIpc) is 2.62. The van der Waals surface area contributed by atoms with E-state index in [2.05, 4.69) is 15.8 Å². The molecular formula is C17H16ClN3O4. The van der Waals surface area contributed by atoms with Crippen LogP contribution in [0.3, 0.4) is 0 Å². The molecule has 2 aromatic rings. The van der Waals surface area contributed by atoms with Crippen molar-refractivity contribution in [1.82, 2.24) is 5.43 Å². The highest BCUT2D eigenvalue weighted by Crippen LogP contribution is 2.24. The van der Waals surface area contributed by atoms with Gasteiger partial charge in [0.05, 0.1) is 25.5 Å². The van der Waals surface area contributed by atoms with Gasteiger partial charge in [-0.2, -0.15) is 5.10 Å². The molecule has 0 bridgehead atoms. The zero-order valence-electron chi connectivity index (χ0n) is 13.6. The third kappa shape index (κ3) is 5.22. The van der Waals surface area contributed by atoms with Crippen LogP contribution in [-0.2, 0) is 9.59 Å². The van der Waals surface area contributed by atoms with Crippen LogP contribution in [-0.4, -0.2) is 32.2 Å². The zero-order chi connectivity index (χ0) is 18.2. The number of nitrogens with zero attached hydrogens (tertiary/aromatic N) is 1. The topological polar surface area (TPSA) is 89.0 Å². The summed E-state index contributed by atoms with van der Waals surface area (Å²) in [7, 11) is 3.02. The van der Waals surface area contributed by atoms with Gasteiger partial charge in [0.15, 0.2) is 0 Å². The normalized spacial score (nSPS) is 10.4. The summed E-state index contributed by atoms with van der Waals surface area (Å²) in [6.07, 6.45) is 1.36. The van der Waals surface area contributed by atoms with Crippen LogP contribution in [0.25, 0.3) is 0 Å². The standard InChI is InChI=1S/C17H16ClN3O4/c1-24-13-5-3-4-12(9-13)20-16(22)17(23)21-19-10-11-6-7-15(25-2)14(18)8-11/h3-10H,1-2H3,(H,20,22)(H,21,23)/b19-10-. The molecule has 0 fully saturated rings. The van der Waals surface area contributed by atoms with Crippen LogP contribution >= 0.6 is 11.6 Å². The van der Waals surface area contributed by atoms with Gasteiger partial charge in [0.2, 0.25) is 0 Å². The number of hydrogen-bond acceptors (Lipinski definition) is 5. The van der Waals surface area contributed by atoms with E-state index >= 15 is 0 Å². The lowest BCUT2D eigenvalue weighted by molar-refractivity contribution is -0.136. The Balaban J connectivity index is 1.92. The number of benzene rings is 2. The van der Waals surface area contributed by atoms with Crippen molar-refractivity contribution in [3.05, 3.63) is 53.1 Å². The number of carbonyl (C=O) groups is 2. The Hall–Kier alpha value is -3.06. The minimum absolute atomic E-state index is 0.411. The van der Waals surface area contributed by atoms with Gasteiger partial charge in [0, 0.05) is 11.8 Å². The van der Waals surface area contributed by atoms with Crippen LogP contribution < -0.4 is 20.2 Å². The smallest absolute Gasteiger partial charge is 0.329 e. The molecule has 0 radical (unpaired) electrons. The number of carbonyl (C=O) groups excluding carboxylic acids is 2. The molecule has 130 valence electrons. The molecule has 0 saturated heterocycles. The maximum Gasteiger partial charge on any atom is 0.329 e. The molecule has 7 nitrogen and oxygen atoms in total. The molecule has 8 heteroatoms. The third-order valence-corrected chi connectivity index (χ3v) is 3.38. The number of rotatable bonds is 5. The second-order valence-corrected chi connectivity index (χ2v) is 5.19. The number of hydrazone groups is 1. The summed E-state index contributed by atoms with van der Waals surface area (Å²) >= 11 is 5.99. The summed E-state index contributed by atoms with van der Waals surface area (Å²) in [6.45, 7) is 0. The van der Waals surface area contributed by atoms with E-state index in [0.717, 1.165) is 0 Å². The Bertz CT molecular complexity index is 808. The van der Waals surface area contributed by atoms with Gasteiger partial charge in [0.25, 0.3) is 0 Å². The van der Waals surface area contributed by atoms with Gasteiger partial charge in [-0.3, -0.25) is 9.59 Å². The molecule has 2 N–H and O–H groups in total. The molecule has 2 aromatic carbocycles. The highest BCUT2D eigenvalue weighted by Gasteiger charge is 2.13. The van der Waals surface area contributed by atoms with E-state index in [-0.39, 0.29) is 0 Å². The van der Waals surface area contributed by atoms with E-state index in [0.29, 0.717) is 27.8 Å². The lowest BCUT2D eigenvalue weighted by Crippen LogP contribution is -2.32. The van der Waals surface area contributed by atoms with Crippen molar-refractivity contribution in [1.29, 1.82) is 0 Å². The maximum atomic E-state index is 11.8. The van der Waals surface area contributed by atoms with Crippen molar-refractivity contribution in [3.63, 3.8) is 0 Å². The molecule has 25 heavy (non-hydrogen) atoms. The van der Waals surface area contributed by atoms with Gasteiger partial charge in [-0.15, -0.1) is 0 Å². The lowest BCUT2D eigenvalue weighted by Gasteiger charge is -2.06. The summed E-state index contributed by atoms with van der Waals surface area (Å²) in [6, 6.07) is 11.6. The highest BCUT2D eigenvalue weighted by atomic mass is 35.5. The molecule has 2 amide bonds. The SMILES string of the molecule is COc1cccc(NC(=O)C(=O)N/N=C\c2ccc(OC)c(Cl)c2)c1. The number of ether oxygens (including phenoxy) is 2. The molecule has 0 aliphatic carbocycles. The summed E-state index contributed by atoms with van der Waals surface area (Å²) in [5, 5.41) is 6.58. The molecular weight excluding hydrogens is 346 g/mol. The summed E-state index contributed by atoms with van der Waals surface area (Å²) in [4.78, 5) is 23.6. The van der Waals surface area contributed by atoms with Crippen molar-refractivity contribution in [3.8, 4) is 11.5 Å². The number of amides is 2. The quantitative estimate of drug-likeness (QED) is 0.486. The molecule has 2 rings (SSSR count). The summed E-state index contributed by atoms with van der Waals surface area (Å²) < 4.78 is 10.1. The van der Waals surface area contributed by atoms with Crippen molar-refractivity contribution in [2.24, 2.45) is 5.10 Å². The van der Waals surface area contributed by atoms with Gasteiger partial charge in [0.1, 0.15) is 11.5 Å². The fraction of sp³-hybridized carbons (Fsp3) is 0.118. The van der Waals surface area contributed by atoms with Gasteiger partial charge in [-0.05, 0) is 35.9 Å². The second kappa shape index (κ2) is 8.70. The van der Waals surface area contributed by atoms with Gasteiger partial charge < -0.3 is 14.8 Å². The first-order valence-electron chi connectivity index (χ1n) is 7.15. The lowest BCUT2D eigenvalue weighted by atomic mass is 10.2. The van der Waals surface area contributed by atoms with Crippen LogP contribution in [0.2, 0.25) is 5.02 Å². The molecule has 0 aromatic heterocycles. The number of nitrogens with one attached hydrogen (secondary N) is 2. The van der Waals surface area contributed by atoms with Crippen molar-refractivity contribution < 1.29 is 19.1 Å². The first-order valence-corrected chi connectivity index (χ1v) is 7.53. The summed E-state index contributed by atoms with van der Waals surface area (Å²) in [5.74, 6) is -0.662. The van der Waals surface area contributed by atoms with Crippen molar-refractivity contribution >= 4 is 35.3 Å². The number of halogens is 1. The first kappa shape index (κ1) is 18.3. The monoisotopic (exact) mass is 361 g/mol. The number of hydrogen-bond donors (Lipinski definition) is 2. The molecule has 0 saturated carbocycles. The second-order valence-electron chi connectivity index (χ2n) is 4.78. The van der Waals surface area contributed by atoms with Gasteiger partial charge in [-0.1, -0.05) is 17.7 Å². The first-order chi connectivity index (χ1) is 12.0. The largest absolute Gasteiger partial charge is 0.497 e. The third-order valence-electron chi connectivity index (χ3n) is 3.09. The molecule has 0 unspecified atom stereocenters. The van der Waals surface area contributed by atoms with E-state index in [1.807, 2.05) is 0 Å². The zero-order valence-corrected chi connectivity index (χ0v) is 14.3. The van der Waals surface area contributed by atoms with Crippen LogP contribution in [0.15, 0.2) is 47.6 Å². The summed E-state index contributed by atoms with van der Waals surface area (Å²) in [5.41, 5.74) is 3.21. The van der Waals surface area contributed by atoms with E-state index < -0.39 is 11.8 Å². The molecule has 0 aliphatic rings. The number of methoxy groups -OCH3 is 2. The van der Waals surface area contributed by atoms with Crippen LogP contribution in [0.4, 0.5) is 5.69 Å². The Morgan fingerprint density at radius 3 is 2.56 bits per heavy atom. The molecule has 0 heterocycles. The minimum Gasteiger partial charge on any atom is -0.497 e. The average molecular weight is 362 g/mol. The predicted octanol–water partition coefficient (Wildman–Crippen LogP) is 2.45. The molecule has 0 spiro atoms. The van der Waals surface area contributed by atoms with Crippen LogP contribution in [0.1, 0.15) is 5.56 Å². The minimum atomic E-state index is -0.904. The van der Waals surface area contributed by atoms with E-state index in [1.165, 1.54) is 20.4 Å². The van der Waals surface area contributed by atoms with E-state index in [9.17, 15) is 9.59 Å². The molecule has 0 atom stereocenters. The number of anilines is 1. The molecule has 0 aliphatic heterocycles. The van der Waals surface area contributed by atoms with Gasteiger partial charge >= 0.3 is 11.8 Å². The Morgan fingerprint density at radius 2 is 1.88 bits per heavy atom. The van der Waals surface area contributed by atoms with Crippen molar-refractivity contribution in [2.45, 2.75) is 0 Å². The Kier molecular flexibility index (Phi) is 6.36. The highest BCUT2D eigenvalue weighted by molar-refractivity contribution is 6.39. The van der Waals surface area contributed by atoms with E-state index in [1.54, 1.807) is 42.5 Å². The van der Waals surface area contributed by atoms with Crippen LogP contribution in [0, 0.1) is 0 Å². The van der Waals surface area contributed by atoms with Gasteiger partial charge in [-0.25, -0.2) is 5.43 Å². The van der Waals surface area contributed by atoms with Crippen LogP contribution in [0.5, 0.6) is 11.5 Å². The van der Waals surface area contributed by atoms with Crippen molar-refractivity contribution in [2.75, 3.05) is 19.5 Å². The fourth-order valence-corrected chi connectivity index (χ4v) is 2.13.